The van der Waals surface area contributed by atoms with Crippen LogP contribution in [0.2, 0.25) is 2.14 Å². The molecule has 0 saturated heterocycles. The molecule has 2 heteroatoms. The summed E-state index contributed by atoms with van der Waals surface area (Å²) in [4.78, 5) is 0. The van der Waals surface area contributed by atoms with Crippen molar-refractivity contribution in [3.05, 3.63) is 30.3 Å². The van der Waals surface area contributed by atoms with Gasteiger partial charge in [-0.2, -0.15) is 0 Å². The zero-order chi connectivity index (χ0) is 11.8. The van der Waals surface area contributed by atoms with Gasteiger partial charge in [0.2, 0.25) is 0 Å². The monoisotopic (exact) mass is 374 g/mol. The van der Waals surface area contributed by atoms with E-state index >= 15 is 0 Å². The van der Waals surface area contributed by atoms with E-state index in [9.17, 15) is 0 Å². The molecule has 0 aliphatic carbocycles. The zero-order valence-corrected chi connectivity index (χ0v) is 14.2. The molecule has 90 valence electrons. The molecule has 0 aromatic heterocycles. The van der Waals surface area contributed by atoms with Gasteiger partial charge in [-0.1, -0.05) is 0 Å². The van der Waals surface area contributed by atoms with Gasteiger partial charge in [-0.15, -0.1) is 0 Å². The molecule has 1 aromatic carbocycles. The summed E-state index contributed by atoms with van der Waals surface area (Å²) >= 11 is -0.116. The molecule has 0 aliphatic rings. The molecular formula is C14H23PSm. The van der Waals surface area contributed by atoms with Crippen LogP contribution in [0.25, 0.3) is 0 Å². The van der Waals surface area contributed by atoms with E-state index in [0.29, 0.717) is 0 Å². The van der Waals surface area contributed by atoms with Crippen molar-refractivity contribution in [1.29, 1.82) is 0 Å². The van der Waals surface area contributed by atoms with Crippen molar-refractivity contribution in [1.82, 2.24) is 0 Å². The summed E-state index contributed by atoms with van der Waals surface area (Å²) in [6.45, 7) is 7.09. The first-order valence-electron chi connectivity index (χ1n) is 6.23. The summed E-state index contributed by atoms with van der Waals surface area (Å²) < 4.78 is 1.85. The summed E-state index contributed by atoms with van der Waals surface area (Å²) in [5, 5.41) is 1.66. The van der Waals surface area contributed by atoms with Gasteiger partial charge in [-0.25, -0.2) is 0 Å². The molecule has 0 spiro atoms. The average molecular weight is 373 g/mol. The van der Waals surface area contributed by atoms with Crippen molar-refractivity contribution in [2.24, 2.45) is 5.92 Å². The molecule has 2 unspecified atom stereocenters. The van der Waals surface area contributed by atoms with Gasteiger partial charge in [0.15, 0.2) is 0 Å². The van der Waals surface area contributed by atoms with Crippen LogP contribution in [-0.2, 0) is 0 Å². The normalized spacial score (nSPS) is 14.7. The Labute approximate surface area is 121 Å². The predicted molar refractivity (Wildman–Crippen MR) is 72.4 cm³/mol. The third kappa shape index (κ3) is 5.55. The van der Waals surface area contributed by atoms with Crippen LogP contribution in [-0.4, -0.2) is 6.16 Å². The second-order valence-electron chi connectivity index (χ2n) is 4.17. The quantitative estimate of drug-likeness (QED) is 0.610. The minimum atomic E-state index is -0.116. The summed E-state index contributed by atoms with van der Waals surface area (Å²) in [5.74, 6) is 0.949. The maximum absolute atomic E-state index is 2.40. The van der Waals surface area contributed by atoms with Crippen LogP contribution in [0.1, 0.15) is 33.6 Å². The second kappa shape index (κ2) is 8.99. The maximum atomic E-state index is 2.40. The standard InChI is InChI=1S/C8H10P.C6H13.Sm/c1-2-9-8-6-4-3-5-7-8;1-4-6(3)5-2;/h3-7H,2H2,1H3;6H,1,4-5H2,2-3H3;/q-1;;+1. The van der Waals surface area contributed by atoms with Gasteiger partial charge in [0.05, 0.1) is 0 Å². The second-order valence-corrected chi connectivity index (χ2v) is 14.4. The van der Waals surface area contributed by atoms with E-state index in [1.807, 2.05) is 0 Å². The van der Waals surface area contributed by atoms with Crippen molar-refractivity contribution >= 4 is 8.19 Å². The van der Waals surface area contributed by atoms with Gasteiger partial charge in [0.25, 0.3) is 0 Å². The van der Waals surface area contributed by atoms with E-state index in [0.717, 1.165) is 5.92 Å². The van der Waals surface area contributed by atoms with Crippen LogP contribution in [0.5, 0.6) is 0 Å². The molecule has 0 radical (unpaired) electrons. The molecule has 0 amide bonds. The molecule has 1 rings (SSSR count). The molecular weight excluding hydrogens is 349 g/mol. The van der Waals surface area contributed by atoms with Crippen molar-refractivity contribution in [2.45, 2.75) is 35.7 Å². The van der Waals surface area contributed by atoms with Gasteiger partial charge in [-0.05, 0) is 0 Å². The molecule has 1 aromatic rings. The fraction of sp³-hybridized carbons (Fsp3) is 0.571. The van der Waals surface area contributed by atoms with Gasteiger partial charge < -0.3 is 0 Å². The molecule has 0 N–H and O–H groups in total. The predicted octanol–water partition coefficient (Wildman–Crippen LogP) is 4.67. The van der Waals surface area contributed by atoms with E-state index in [4.69, 9.17) is 0 Å². The molecule has 0 fully saturated rings. The SMILES string of the molecule is CCC(C)C[CH2][Sm][P](CC)c1ccccc1. The Hall–Kier alpha value is 0.988. The van der Waals surface area contributed by atoms with Crippen molar-refractivity contribution in [2.75, 3.05) is 6.16 Å². The number of rotatable bonds is 7. The van der Waals surface area contributed by atoms with Gasteiger partial charge in [0.1, 0.15) is 0 Å². The molecule has 0 heterocycles. The Kier molecular flexibility index (Phi) is 8.45. The molecule has 16 heavy (non-hydrogen) atoms. The van der Waals surface area contributed by atoms with Crippen molar-refractivity contribution < 1.29 is 35.5 Å². The fourth-order valence-corrected chi connectivity index (χ4v) is 11.8. The molecule has 0 saturated carbocycles. The minimum absolute atomic E-state index is 0.116. The molecule has 2 atom stereocenters. The fourth-order valence-electron chi connectivity index (χ4n) is 1.51. The first kappa shape index (κ1) is 15.0. The Balaban J connectivity index is 2.38. The van der Waals surface area contributed by atoms with Gasteiger partial charge in [-0.3, -0.25) is 0 Å². The van der Waals surface area contributed by atoms with Gasteiger partial charge in [0, 0.05) is 0 Å². The summed E-state index contributed by atoms with van der Waals surface area (Å²) in [5.41, 5.74) is 0. The third-order valence-electron chi connectivity index (χ3n) is 2.89. The average Bonchev–Trinajstić information content (AvgIpc) is 2.35. The Morgan fingerprint density at radius 1 is 1.19 bits per heavy atom. The van der Waals surface area contributed by atoms with Crippen molar-refractivity contribution in [3.63, 3.8) is 0 Å². The van der Waals surface area contributed by atoms with E-state index < -0.39 is 0 Å². The molecule has 0 nitrogen and oxygen atoms in total. The van der Waals surface area contributed by atoms with Crippen molar-refractivity contribution in [3.8, 4) is 0 Å². The van der Waals surface area contributed by atoms with Crippen LogP contribution in [0.3, 0.4) is 0 Å². The summed E-state index contributed by atoms with van der Waals surface area (Å²) in [7, 11) is 0. The van der Waals surface area contributed by atoms with Gasteiger partial charge >= 0.3 is 122 Å². The third-order valence-corrected chi connectivity index (χ3v) is 14.9. The number of hydrogen-bond donors (Lipinski definition) is 0. The summed E-state index contributed by atoms with van der Waals surface area (Å²) in [6, 6.07) is 11.2. The van der Waals surface area contributed by atoms with E-state index in [-0.39, 0.29) is 38.4 Å². The first-order valence-corrected chi connectivity index (χ1v) is 13.0. The van der Waals surface area contributed by atoms with Crippen LogP contribution >= 0.6 is 2.89 Å². The first-order chi connectivity index (χ1) is 7.77. The van der Waals surface area contributed by atoms with E-state index in [2.05, 4.69) is 51.1 Å². The van der Waals surface area contributed by atoms with E-state index in [1.54, 1.807) is 7.44 Å². The van der Waals surface area contributed by atoms with Crippen LogP contribution in [0.4, 0.5) is 0 Å². The Morgan fingerprint density at radius 2 is 1.88 bits per heavy atom. The van der Waals surface area contributed by atoms with Crippen LogP contribution in [0, 0.1) is 41.4 Å². The van der Waals surface area contributed by atoms with Crippen LogP contribution < -0.4 is 5.30 Å². The topological polar surface area (TPSA) is 0 Å². The Morgan fingerprint density at radius 3 is 2.44 bits per heavy atom. The van der Waals surface area contributed by atoms with Crippen LogP contribution in [0.15, 0.2) is 30.3 Å². The molecule has 0 bridgehead atoms. The zero-order valence-electron chi connectivity index (χ0n) is 10.6. The number of hydrogen-bond acceptors (Lipinski definition) is 0. The molecule has 0 aliphatic heterocycles. The summed E-state index contributed by atoms with van der Waals surface area (Å²) in [6.07, 6.45) is 4.24. The van der Waals surface area contributed by atoms with E-state index in [1.165, 1.54) is 19.0 Å². The Bertz CT molecular complexity index is 273. The number of benzene rings is 1.